The molecule has 0 saturated carbocycles. The van der Waals surface area contributed by atoms with Crippen LogP contribution in [-0.2, 0) is 6.42 Å². The Labute approximate surface area is 252 Å². The average Bonchev–Trinajstić information content (AvgIpc) is 3.07. The van der Waals surface area contributed by atoms with Crippen molar-refractivity contribution in [2.75, 3.05) is 0 Å². The third-order valence-electron chi connectivity index (χ3n) is 8.77. The van der Waals surface area contributed by atoms with Gasteiger partial charge in [0.25, 0.3) is 0 Å². The largest absolute Gasteiger partial charge is 0.263 e. The fraction of sp³-hybridized carbons (Fsp3) is 0.0732. The number of pyridine rings is 2. The summed E-state index contributed by atoms with van der Waals surface area (Å²) in [5.74, 6) is 0. The minimum atomic E-state index is 0.974. The molecule has 0 saturated heterocycles. The summed E-state index contributed by atoms with van der Waals surface area (Å²) in [5.41, 5.74) is 13.2. The molecule has 0 unspecified atom stereocenters. The molecule has 1 aliphatic rings. The van der Waals surface area contributed by atoms with Crippen LogP contribution in [0.1, 0.15) is 23.1 Å². The first-order valence-corrected chi connectivity index (χ1v) is 15.0. The van der Waals surface area contributed by atoms with Crippen LogP contribution in [0.4, 0.5) is 0 Å². The Morgan fingerprint density at radius 1 is 0.558 bits per heavy atom. The molecule has 0 amide bonds. The molecular weight excluding hydrogens is 520 g/mol. The van der Waals surface area contributed by atoms with Crippen molar-refractivity contribution in [3.63, 3.8) is 0 Å². The molecule has 2 aromatic heterocycles. The zero-order valence-corrected chi connectivity index (χ0v) is 24.1. The third kappa shape index (κ3) is 4.43. The Bertz CT molecular complexity index is 2130. The summed E-state index contributed by atoms with van der Waals surface area (Å²) in [4.78, 5) is 9.16. The van der Waals surface area contributed by atoms with Crippen molar-refractivity contribution in [1.82, 2.24) is 9.97 Å². The van der Waals surface area contributed by atoms with Gasteiger partial charge in [-0.25, -0.2) is 0 Å². The lowest BCUT2D eigenvalue weighted by Gasteiger charge is -2.19. The van der Waals surface area contributed by atoms with E-state index in [1.807, 2.05) is 24.7 Å². The lowest BCUT2D eigenvalue weighted by atomic mass is 9.84. The Morgan fingerprint density at radius 2 is 1.19 bits per heavy atom. The maximum Gasteiger partial charge on any atom is 0.0746 e. The SMILES string of the molecule is Cc1cccnc1-c1cncc(-c2ccc(-c3c4ccccc4c(-c4ccc5c(c4)CCC=C5)c4ccccc34)cc2)c1. The predicted molar refractivity (Wildman–Crippen MR) is 181 cm³/mol. The highest BCUT2D eigenvalue weighted by atomic mass is 14.7. The van der Waals surface area contributed by atoms with Gasteiger partial charge in [-0.1, -0.05) is 109 Å². The number of fused-ring (bicyclic) bond motifs is 3. The second kappa shape index (κ2) is 10.5. The zero-order valence-electron chi connectivity index (χ0n) is 24.1. The molecule has 2 heteroatoms. The second-order valence-electron chi connectivity index (χ2n) is 11.4. The van der Waals surface area contributed by atoms with Crippen LogP contribution >= 0.6 is 0 Å². The Kier molecular flexibility index (Phi) is 6.19. The van der Waals surface area contributed by atoms with Gasteiger partial charge in [-0.15, -0.1) is 0 Å². The predicted octanol–water partition coefficient (Wildman–Crippen LogP) is 10.7. The Balaban J connectivity index is 1.27. The molecule has 0 aliphatic heterocycles. The van der Waals surface area contributed by atoms with Gasteiger partial charge < -0.3 is 0 Å². The van der Waals surface area contributed by atoms with E-state index in [4.69, 9.17) is 0 Å². The summed E-state index contributed by atoms with van der Waals surface area (Å²) in [7, 11) is 0. The quantitative estimate of drug-likeness (QED) is 0.204. The lowest BCUT2D eigenvalue weighted by Crippen LogP contribution is -1.96. The molecule has 43 heavy (non-hydrogen) atoms. The summed E-state index contributed by atoms with van der Waals surface area (Å²) in [6, 6.07) is 40.0. The van der Waals surface area contributed by atoms with Crippen LogP contribution < -0.4 is 0 Å². The smallest absolute Gasteiger partial charge is 0.0746 e. The minimum absolute atomic E-state index is 0.974. The fourth-order valence-corrected chi connectivity index (χ4v) is 6.68. The molecule has 0 bridgehead atoms. The summed E-state index contributed by atoms with van der Waals surface area (Å²) < 4.78 is 0. The second-order valence-corrected chi connectivity index (χ2v) is 11.4. The van der Waals surface area contributed by atoms with Gasteiger partial charge in [-0.05, 0) is 98.0 Å². The number of rotatable bonds is 4. The molecule has 2 heterocycles. The number of hydrogen-bond donors (Lipinski definition) is 0. The van der Waals surface area contributed by atoms with Crippen molar-refractivity contribution in [3.05, 3.63) is 151 Å². The lowest BCUT2D eigenvalue weighted by molar-refractivity contribution is 0.986. The van der Waals surface area contributed by atoms with Gasteiger partial charge in [-0.2, -0.15) is 0 Å². The number of aromatic nitrogens is 2. The normalized spacial score (nSPS) is 12.5. The molecule has 5 aromatic carbocycles. The van der Waals surface area contributed by atoms with Crippen LogP contribution in [0.15, 0.2) is 134 Å². The van der Waals surface area contributed by atoms with Gasteiger partial charge in [-0.3, -0.25) is 9.97 Å². The number of hydrogen-bond acceptors (Lipinski definition) is 2. The van der Waals surface area contributed by atoms with Crippen molar-refractivity contribution < 1.29 is 0 Å². The molecule has 0 radical (unpaired) electrons. The standard InChI is InChI=1S/C41H30N2/c1-27-9-8-22-43-41(27)34-24-33(25-42-26-34)29-16-19-30(20-17-29)39-35-12-4-6-14-37(35)40(38-15-7-5-13-36(38)39)32-21-18-28-10-2-3-11-31(28)23-32/h2,4-10,12-26H,3,11H2,1H3. The van der Waals surface area contributed by atoms with Gasteiger partial charge >= 0.3 is 0 Å². The maximum atomic E-state index is 4.60. The van der Waals surface area contributed by atoms with E-state index >= 15 is 0 Å². The van der Waals surface area contributed by atoms with Crippen LogP contribution in [0, 0.1) is 6.92 Å². The first-order chi connectivity index (χ1) is 21.2. The number of aryl methyl sites for hydroxylation is 2. The van der Waals surface area contributed by atoms with E-state index in [0.29, 0.717) is 0 Å². The van der Waals surface area contributed by atoms with Crippen molar-refractivity contribution in [2.45, 2.75) is 19.8 Å². The van der Waals surface area contributed by atoms with E-state index < -0.39 is 0 Å². The van der Waals surface area contributed by atoms with Gasteiger partial charge in [0, 0.05) is 29.7 Å². The number of nitrogens with zero attached hydrogens (tertiary/aromatic N) is 2. The van der Waals surface area contributed by atoms with Gasteiger partial charge in [0.15, 0.2) is 0 Å². The summed E-state index contributed by atoms with van der Waals surface area (Å²) >= 11 is 0. The Hall–Kier alpha value is -5.34. The number of benzene rings is 5. The molecule has 8 rings (SSSR count). The average molecular weight is 551 g/mol. The molecule has 2 nitrogen and oxygen atoms in total. The maximum absolute atomic E-state index is 4.60. The molecule has 0 fully saturated rings. The summed E-state index contributed by atoms with van der Waals surface area (Å²) in [6.45, 7) is 2.09. The van der Waals surface area contributed by atoms with Crippen molar-refractivity contribution in [1.29, 1.82) is 0 Å². The minimum Gasteiger partial charge on any atom is -0.263 e. The first kappa shape index (κ1) is 25.4. The van der Waals surface area contributed by atoms with Crippen LogP contribution in [0.25, 0.3) is 72.3 Å². The monoisotopic (exact) mass is 550 g/mol. The number of allylic oxidation sites excluding steroid dienone is 1. The van der Waals surface area contributed by atoms with E-state index in [-0.39, 0.29) is 0 Å². The van der Waals surface area contributed by atoms with Crippen LogP contribution in [0.2, 0.25) is 0 Å². The van der Waals surface area contributed by atoms with E-state index in [2.05, 4.69) is 132 Å². The molecule has 7 aromatic rings. The summed E-state index contributed by atoms with van der Waals surface area (Å²) in [6.07, 6.45) is 12.4. The molecule has 0 atom stereocenters. The topological polar surface area (TPSA) is 25.8 Å². The van der Waals surface area contributed by atoms with Crippen LogP contribution in [0.5, 0.6) is 0 Å². The van der Waals surface area contributed by atoms with E-state index in [9.17, 15) is 0 Å². The highest BCUT2D eigenvalue weighted by Crippen LogP contribution is 2.44. The Morgan fingerprint density at radius 3 is 1.88 bits per heavy atom. The third-order valence-corrected chi connectivity index (χ3v) is 8.77. The van der Waals surface area contributed by atoms with Crippen molar-refractivity contribution in [2.24, 2.45) is 0 Å². The van der Waals surface area contributed by atoms with Gasteiger partial charge in [0.1, 0.15) is 0 Å². The van der Waals surface area contributed by atoms with Crippen molar-refractivity contribution >= 4 is 27.6 Å². The van der Waals surface area contributed by atoms with Crippen LogP contribution in [-0.4, -0.2) is 9.97 Å². The van der Waals surface area contributed by atoms with Crippen LogP contribution in [0.3, 0.4) is 0 Å². The van der Waals surface area contributed by atoms with Crippen molar-refractivity contribution in [3.8, 4) is 44.6 Å². The van der Waals surface area contributed by atoms with E-state index in [1.54, 1.807) is 0 Å². The van der Waals surface area contributed by atoms with E-state index in [1.165, 1.54) is 54.9 Å². The van der Waals surface area contributed by atoms with E-state index in [0.717, 1.165) is 40.8 Å². The fourth-order valence-electron chi connectivity index (χ4n) is 6.68. The van der Waals surface area contributed by atoms with Gasteiger partial charge in [0.05, 0.1) is 5.69 Å². The molecule has 0 spiro atoms. The van der Waals surface area contributed by atoms with Gasteiger partial charge in [0.2, 0.25) is 0 Å². The molecule has 1 aliphatic carbocycles. The molecule has 204 valence electrons. The highest BCUT2D eigenvalue weighted by Gasteiger charge is 2.17. The summed E-state index contributed by atoms with van der Waals surface area (Å²) in [5, 5.41) is 5.12. The zero-order chi connectivity index (χ0) is 28.8. The first-order valence-electron chi connectivity index (χ1n) is 15.0. The highest BCUT2D eigenvalue weighted by molar-refractivity contribution is 6.21. The molecule has 0 N–H and O–H groups in total. The molecular formula is C41H30N2.